The van der Waals surface area contributed by atoms with Gasteiger partial charge in [-0.05, 0) is 94.7 Å². The maximum absolute atomic E-state index is 2.33. The van der Waals surface area contributed by atoms with E-state index in [1.807, 2.05) is 0 Å². The van der Waals surface area contributed by atoms with Gasteiger partial charge in [-0.2, -0.15) is 0 Å². The van der Waals surface area contributed by atoms with E-state index in [4.69, 9.17) is 0 Å². The van der Waals surface area contributed by atoms with E-state index in [-0.39, 0.29) is 16.2 Å². The zero-order valence-electron chi connectivity index (χ0n) is 31.4. The van der Waals surface area contributed by atoms with Crippen LogP contribution in [0.5, 0.6) is 0 Å². The van der Waals surface area contributed by atoms with Crippen molar-refractivity contribution in [2.45, 2.75) is 78.6 Å². The lowest BCUT2D eigenvalue weighted by molar-refractivity contribution is 0.590. The summed E-state index contributed by atoms with van der Waals surface area (Å²) in [4.78, 5) is 0. The number of benzene rings is 6. The molecule has 6 aromatic rings. The Hall–Kier alpha value is -4.94. The molecule has 0 atom stereocenters. The van der Waals surface area contributed by atoms with Gasteiger partial charge in [0.15, 0.2) is 0 Å². The molecule has 0 nitrogen and oxygen atoms in total. The van der Waals surface area contributed by atoms with Crippen LogP contribution in [0.3, 0.4) is 0 Å². The minimum Gasteiger partial charge on any atom is -0.0579 e. The molecule has 0 saturated carbocycles. The van der Waals surface area contributed by atoms with E-state index in [2.05, 4.69) is 214 Å². The fourth-order valence-corrected chi connectivity index (χ4v) is 6.44. The number of rotatable bonds is 6. The monoisotopic (exact) mass is 652 g/mol. The second-order valence-electron chi connectivity index (χ2n) is 16.8. The predicted molar refractivity (Wildman–Crippen MR) is 219 cm³/mol. The first-order valence-corrected chi connectivity index (χ1v) is 18.0. The Kier molecular flexibility index (Phi) is 9.60. The SMILES string of the molecule is CC(C)(C)c1ccc(-c2ccc(C=C(c3ccc(-c4ccc(C(C)(C)C)cc4)cc3)c3ccc(-c4ccc(C(C)(C)C)cc4)cc3)cc2)cc1. The van der Waals surface area contributed by atoms with Crippen LogP contribution in [0.4, 0.5) is 0 Å². The summed E-state index contributed by atoms with van der Waals surface area (Å²) in [5.41, 5.74) is 16.7. The lowest BCUT2D eigenvalue weighted by atomic mass is 9.86. The minimum atomic E-state index is 0.141. The van der Waals surface area contributed by atoms with Crippen molar-refractivity contribution in [1.82, 2.24) is 0 Å². The van der Waals surface area contributed by atoms with Gasteiger partial charge in [0.05, 0.1) is 0 Å². The van der Waals surface area contributed by atoms with Crippen LogP contribution in [0, 0.1) is 0 Å². The van der Waals surface area contributed by atoms with Crippen LogP contribution in [0.2, 0.25) is 0 Å². The highest BCUT2D eigenvalue weighted by molar-refractivity contribution is 5.92. The first kappa shape index (κ1) is 34.9. The van der Waals surface area contributed by atoms with Crippen molar-refractivity contribution >= 4 is 11.6 Å². The molecule has 6 rings (SSSR count). The molecule has 0 radical (unpaired) electrons. The Morgan fingerprint density at radius 1 is 0.300 bits per heavy atom. The van der Waals surface area contributed by atoms with E-state index in [1.165, 1.54) is 72.3 Å². The first-order chi connectivity index (χ1) is 23.6. The Bertz CT molecular complexity index is 1940. The number of hydrogen-bond acceptors (Lipinski definition) is 0. The van der Waals surface area contributed by atoms with E-state index >= 15 is 0 Å². The molecule has 6 aromatic carbocycles. The average Bonchev–Trinajstić information content (AvgIpc) is 3.10. The Morgan fingerprint density at radius 2 is 0.520 bits per heavy atom. The molecule has 0 N–H and O–H groups in total. The molecular formula is C50H52. The molecule has 0 aliphatic heterocycles. The molecule has 0 bridgehead atoms. The molecule has 0 unspecified atom stereocenters. The van der Waals surface area contributed by atoms with Crippen molar-refractivity contribution < 1.29 is 0 Å². The Balaban J connectivity index is 1.33. The third kappa shape index (κ3) is 8.09. The van der Waals surface area contributed by atoms with Gasteiger partial charge in [0.1, 0.15) is 0 Å². The van der Waals surface area contributed by atoms with Gasteiger partial charge in [0, 0.05) is 0 Å². The van der Waals surface area contributed by atoms with Crippen LogP contribution in [0.1, 0.15) is 95.7 Å². The maximum Gasteiger partial charge on any atom is -0.0105 e. The Labute approximate surface area is 301 Å². The van der Waals surface area contributed by atoms with Crippen molar-refractivity contribution in [2.24, 2.45) is 0 Å². The Morgan fingerprint density at radius 3 is 0.760 bits per heavy atom. The third-order valence-electron chi connectivity index (χ3n) is 9.87. The molecule has 0 aliphatic rings. The quantitative estimate of drug-likeness (QED) is 0.157. The van der Waals surface area contributed by atoms with Gasteiger partial charge in [-0.1, -0.05) is 208 Å². The highest BCUT2D eigenvalue weighted by atomic mass is 14.2. The van der Waals surface area contributed by atoms with Gasteiger partial charge in [0.2, 0.25) is 0 Å². The fourth-order valence-electron chi connectivity index (χ4n) is 6.44. The van der Waals surface area contributed by atoms with Crippen molar-refractivity contribution in [2.75, 3.05) is 0 Å². The highest BCUT2D eigenvalue weighted by Gasteiger charge is 2.16. The predicted octanol–water partition coefficient (Wildman–Crippen LogP) is 14.2. The minimum absolute atomic E-state index is 0.141. The summed E-state index contributed by atoms with van der Waals surface area (Å²) >= 11 is 0. The van der Waals surface area contributed by atoms with E-state index < -0.39 is 0 Å². The molecule has 0 aliphatic carbocycles. The maximum atomic E-state index is 2.33. The van der Waals surface area contributed by atoms with E-state index in [9.17, 15) is 0 Å². The zero-order chi connectivity index (χ0) is 35.7. The van der Waals surface area contributed by atoms with Gasteiger partial charge in [-0.25, -0.2) is 0 Å². The normalized spacial score (nSPS) is 12.1. The van der Waals surface area contributed by atoms with Crippen LogP contribution in [0.15, 0.2) is 146 Å². The van der Waals surface area contributed by atoms with Crippen molar-refractivity contribution in [1.29, 1.82) is 0 Å². The molecular weight excluding hydrogens is 601 g/mol. The molecule has 0 heteroatoms. The van der Waals surface area contributed by atoms with Crippen LogP contribution in [0.25, 0.3) is 45.0 Å². The fraction of sp³-hybridized carbons (Fsp3) is 0.240. The van der Waals surface area contributed by atoms with Crippen LogP contribution >= 0.6 is 0 Å². The van der Waals surface area contributed by atoms with Crippen LogP contribution in [-0.4, -0.2) is 0 Å². The van der Waals surface area contributed by atoms with Gasteiger partial charge >= 0.3 is 0 Å². The summed E-state index contributed by atoms with van der Waals surface area (Å²) in [5, 5.41) is 0. The van der Waals surface area contributed by atoms with E-state index in [0.717, 1.165) is 0 Å². The molecule has 0 spiro atoms. The first-order valence-electron chi connectivity index (χ1n) is 18.0. The van der Waals surface area contributed by atoms with Crippen molar-refractivity contribution in [3.8, 4) is 33.4 Å². The standard InChI is InChI=1S/C50H52/c1-48(2,3)44-28-22-39(23-29-44)36-12-10-35(11-13-36)34-47(42-18-14-37(15-19-42)40-24-30-45(31-25-40)49(4,5)6)43-20-16-38(17-21-43)41-26-32-46(33-27-41)50(7,8)9/h10-34H,1-9H3. The zero-order valence-corrected chi connectivity index (χ0v) is 31.4. The second kappa shape index (κ2) is 13.8. The molecule has 50 heavy (non-hydrogen) atoms. The summed E-state index contributed by atoms with van der Waals surface area (Å²) in [5.74, 6) is 0. The van der Waals surface area contributed by atoms with Gasteiger partial charge in [-0.3, -0.25) is 0 Å². The van der Waals surface area contributed by atoms with Gasteiger partial charge in [-0.15, -0.1) is 0 Å². The topological polar surface area (TPSA) is 0 Å². The van der Waals surface area contributed by atoms with Crippen molar-refractivity contribution in [3.63, 3.8) is 0 Å². The van der Waals surface area contributed by atoms with E-state index in [1.54, 1.807) is 0 Å². The molecule has 0 amide bonds. The summed E-state index contributed by atoms with van der Waals surface area (Å²) in [6.07, 6.45) is 2.33. The van der Waals surface area contributed by atoms with Crippen molar-refractivity contribution in [3.05, 3.63) is 179 Å². The summed E-state index contributed by atoms with van der Waals surface area (Å²) < 4.78 is 0. The van der Waals surface area contributed by atoms with Crippen LogP contribution < -0.4 is 0 Å². The second-order valence-corrected chi connectivity index (χ2v) is 16.8. The summed E-state index contributed by atoms with van der Waals surface area (Å²) in [6, 6.07) is 54.1. The molecule has 0 saturated heterocycles. The largest absolute Gasteiger partial charge is 0.0579 e. The molecule has 0 fully saturated rings. The third-order valence-corrected chi connectivity index (χ3v) is 9.87. The van der Waals surface area contributed by atoms with Gasteiger partial charge in [0.25, 0.3) is 0 Å². The summed E-state index contributed by atoms with van der Waals surface area (Å²) in [7, 11) is 0. The molecule has 0 aromatic heterocycles. The molecule has 0 heterocycles. The lowest BCUT2D eigenvalue weighted by Crippen LogP contribution is -2.10. The highest BCUT2D eigenvalue weighted by Crippen LogP contribution is 2.33. The lowest BCUT2D eigenvalue weighted by Gasteiger charge is -2.19. The summed E-state index contributed by atoms with van der Waals surface area (Å²) in [6.45, 7) is 20.3. The van der Waals surface area contributed by atoms with Crippen LogP contribution in [-0.2, 0) is 16.2 Å². The average molecular weight is 653 g/mol. The molecule has 252 valence electrons. The van der Waals surface area contributed by atoms with E-state index in [0.29, 0.717) is 0 Å². The number of hydrogen-bond donors (Lipinski definition) is 0. The smallest absolute Gasteiger partial charge is 0.0105 e. The van der Waals surface area contributed by atoms with Gasteiger partial charge < -0.3 is 0 Å².